The maximum absolute atomic E-state index is 10.3. The zero-order valence-corrected chi connectivity index (χ0v) is 13.5. The highest BCUT2D eigenvalue weighted by Crippen LogP contribution is 2.25. The molecule has 0 aliphatic heterocycles. The standard InChI is InChI=1S/C15H23BN2O3/c1-10-12-9-11(7-8-13(12)18(6)17-10)16(20)21-15(4,5)14(2,3)19/h7-9,19-20H,1-6H3. The largest absolute Gasteiger partial charge is 0.491 e. The van der Waals surface area contributed by atoms with Crippen molar-refractivity contribution in [2.24, 2.45) is 7.05 Å². The maximum Gasteiger partial charge on any atom is 0.491 e. The highest BCUT2D eigenvalue weighted by Gasteiger charge is 2.39. The van der Waals surface area contributed by atoms with E-state index in [1.165, 1.54) is 0 Å². The lowest BCUT2D eigenvalue weighted by Crippen LogP contribution is -2.53. The molecular weight excluding hydrogens is 267 g/mol. The summed E-state index contributed by atoms with van der Waals surface area (Å²) in [5.74, 6) is 0. The van der Waals surface area contributed by atoms with E-state index in [0.717, 1.165) is 16.6 Å². The lowest BCUT2D eigenvalue weighted by Gasteiger charge is -2.38. The third kappa shape index (κ3) is 2.97. The molecular formula is C15H23BN2O3. The van der Waals surface area contributed by atoms with Gasteiger partial charge in [0.15, 0.2) is 0 Å². The molecule has 6 heteroatoms. The molecule has 0 saturated heterocycles. The Morgan fingerprint density at radius 2 is 1.86 bits per heavy atom. The Morgan fingerprint density at radius 1 is 1.24 bits per heavy atom. The summed E-state index contributed by atoms with van der Waals surface area (Å²) in [4.78, 5) is 0. The minimum atomic E-state index is -1.10. The quantitative estimate of drug-likeness (QED) is 0.829. The van der Waals surface area contributed by atoms with Crippen LogP contribution in [0.4, 0.5) is 0 Å². The number of fused-ring (bicyclic) bond motifs is 1. The van der Waals surface area contributed by atoms with Crippen LogP contribution in [0.3, 0.4) is 0 Å². The van der Waals surface area contributed by atoms with E-state index in [4.69, 9.17) is 4.65 Å². The highest BCUT2D eigenvalue weighted by molar-refractivity contribution is 6.60. The van der Waals surface area contributed by atoms with Crippen molar-refractivity contribution in [3.05, 3.63) is 23.9 Å². The maximum atomic E-state index is 10.3. The highest BCUT2D eigenvalue weighted by atomic mass is 16.5. The Morgan fingerprint density at radius 3 is 2.43 bits per heavy atom. The molecule has 0 aliphatic rings. The van der Waals surface area contributed by atoms with Crippen LogP contribution in [0.5, 0.6) is 0 Å². The first-order chi connectivity index (χ1) is 9.53. The van der Waals surface area contributed by atoms with Gasteiger partial charge in [0.25, 0.3) is 0 Å². The molecule has 1 aromatic heterocycles. The first kappa shape index (κ1) is 16.0. The summed E-state index contributed by atoms with van der Waals surface area (Å²) >= 11 is 0. The van der Waals surface area contributed by atoms with Crippen LogP contribution in [-0.2, 0) is 11.7 Å². The predicted molar refractivity (Wildman–Crippen MR) is 84.5 cm³/mol. The molecule has 5 nitrogen and oxygen atoms in total. The first-order valence-electron chi connectivity index (χ1n) is 7.04. The van der Waals surface area contributed by atoms with E-state index in [1.54, 1.807) is 27.7 Å². The summed E-state index contributed by atoms with van der Waals surface area (Å²) in [6.07, 6.45) is 0. The lowest BCUT2D eigenvalue weighted by molar-refractivity contribution is -0.0982. The van der Waals surface area contributed by atoms with Gasteiger partial charge < -0.3 is 14.8 Å². The predicted octanol–water partition coefficient (Wildman–Crippen LogP) is 1.14. The van der Waals surface area contributed by atoms with Gasteiger partial charge in [-0.25, -0.2) is 0 Å². The number of nitrogens with zero attached hydrogens (tertiary/aromatic N) is 2. The Bertz CT molecular complexity index is 659. The number of aromatic nitrogens is 2. The number of benzene rings is 1. The Labute approximate surface area is 125 Å². The zero-order valence-electron chi connectivity index (χ0n) is 13.5. The van der Waals surface area contributed by atoms with Crippen molar-refractivity contribution in [3.63, 3.8) is 0 Å². The van der Waals surface area contributed by atoms with Gasteiger partial charge in [0.2, 0.25) is 0 Å². The monoisotopic (exact) mass is 290 g/mol. The molecule has 1 heterocycles. The van der Waals surface area contributed by atoms with Gasteiger partial charge in [-0.15, -0.1) is 0 Å². The van der Waals surface area contributed by atoms with Crippen LogP contribution in [0.15, 0.2) is 18.2 Å². The second-order valence-electron chi connectivity index (χ2n) is 6.53. The summed E-state index contributed by atoms with van der Waals surface area (Å²) < 4.78 is 7.47. The molecule has 0 amide bonds. The van der Waals surface area contributed by atoms with Gasteiger partial charge in [-0.05, 0) is 46.1 Å². The summed E-state index contributed by atoms with van der Waals surface area (Å²) in [6, 6.07) is 5.60. The smallest absolute Gasteiger partial charge is 0.423 e. The van der Waals surface area contributed by atoms with E-state index in [-0.39, 0.29) is 0 Å². The van der Waals surface area contributed by atoms with Gasteiger partial charge in [-0.2, -0.15) is 5.10 Å². The average Bonchev–Trinajstić information content (AvgIpc) is 2.62. The molecule has 0 fully saturated rings. The number of hydrogen-bond donors (Lipinski definition) is 2. The third-order valence-electron chi connectivity index (χ3n) is 4.22. The van der Waals surface area contributed by atoms with Crippen molar-refractivity contribution in [3.8, 4) is 0 Å². The Kier molecular flexibility index (Phi) is 3.91. The first-order valence-corrected chi connectivity index (χ1v) is 7.04. The van der Waals surface area contributed by atoms with Crippen LogP contribution < -0.4 is 5.46 Å². The molecule has 0 unspecified atom stereocenters. The fourth-order valence-electron chi connectivity index (χ4n) is 2.10. The van der Waals surface area contributed by atoms with Crippen LogP contribution in [0.1, 0.15) is 33.4 Å². The molecule has 2 N–H and O–H groups in total. The molecule has 21 heavy (non-hydrogen) atoms. The van der Waals surface area contributed by atoms with Crippen molar-refractivity contribution in [2.45, 2.75) is 45.8 Å². The van der Waals surface area contributed by atoms with Gasteiger partial charge in [0.1, 0.15) is 0 Å². The molecule has 0 spiro atoms. The lowest BCUT2D eigenvalue weighted by atomic mass is 9.76. The molecule has 0 saturated carbocycles. The number of aliphatic hydroxyl groups is 1. The number of hydrogen-bond acceptors (Lipinski definition) is 4. The molecule has 2 rings (SSSR count). The van der Waals surface area contributed by atoms with Crippen molar-refractivity contribution < 1.29 is 14.8 Å². The van der Waals surface area contributed by atoms with Crippen molar-refractivity contribution >= 4 is 23.5 Å². The second kappa shape index (κ2) is 5.12. The van der Waals surface area contributed by atoms with Crippen LogP contribution in [-0.4, -0.2) is 38.2 Å². The fraction of sp³-hybridized carbons (Fsp3) is 0.533. The topological polar surface area (TPSA) is 67.5 Å². The Hall–Kier alpha value is -1.37. The van der Waals surface area contributed by atoms with Crippen molar-refractivity contribution in [2.75, 3.05) is 0 Å². The van der Waals surface area contributed by atoms with Crippen molar-refractivity contribution in [1.29, 1.82) is 0 Å². The van der Waals surface area contributed by atoms with E-state index < -0.39 is 18.3 Å². The SMILES string of the molecule is Cc1nn(C)c2ccc(B(O)OC(C)(C)C(C)(C)O)cc12. The zero-order chi connectivity index (χ0) is 16.0. The molecule has 2 aromatic rings. The van der Waals surface area contributed by atoms with Crippen LogP contribution in [0.25, 0.3) is 10.9 Å². The second-order valence-corrected chi connectivity index (χ2v) is 6.53. The van der Waals surface area contributed by atoms with E-state index in [9.17, 15) is 10.1 Å². The van der Waals surface area contributed by atoms with E-state index >= 15 is 0 Å². The number of aryl methyl sites for hydroxylation is 2. The van der Waals surface area contributed by atoms with Gasteiger partial charge in [0, 0.05) is 12.4 Å². The van der Waals surface area contributed by atoms with Crippen LogP contribution in [0, 0.1) is 6.92 Å². The molecule has 114 valence electrons. The van der Waals surface area contributed by atoms with E-state index in [0.29, 0.717) is 5.46 Å². The number of rotatable bonds is 4. The summed E-state index contributed by atoms with van der Waals surface area (Å²) in [5, 5.41) is 25.8. The minimum absolute atomic E-state index is 0.649. The summed E-state index contributed by atoms with van der Waals surface area (Å²) in [5.41, 5.74) is 0.609. The van der Waals surface area contributed by atoms with E-state index in [2.05, 4.69) is 5.10 Å². The van der Waals surface area contributed by atoms with Crippen LogP contribution >= 0.6 is 0 Å². The third-order valence-corrected chi connectivity index (χ3v) is 4.22. The van der Waals surface area contributed by atoms with E-state index in [1.807, 2.05) is 36.9 Å². The van der Waals surface area contributed by atoms with Crippen molar-refractivity contribution in [1.82, 2.24) is 9.78 Å². The minimum Gasteiger partial charge on any atom is -0.423 e. The fourth-order valence-corrected chi connectivity index (χ4v) is 2.10. The Balaban J connectivity index is 2.32. The normalized spacial score (nSPS) is 13.0. The molecule has 1 aromatic carbocycles. The van der Waals surface area contributed by atoms with Gasteiger partial charge in [-0.1, -0.05) is 12.1 Å². The molecule has 0 bridgehead atoms. The van der Waals surface area contributed by atoms with Gasteiger partial charge >= 0.3 is 7.12 Å². The molecule has 0 radical (unpaired) electrons. The van der Waals surface area contributed by atoms with Gasteiger partial charge in [0.05, 0.1) is 22.4 Å². The van der Waals surface area contributed by atoms with Crippen LogP contribution in [0.2, 0.25) is 0 Å². The molecule has 0 atom stereocenters. The van der Waals surface area contributed by atoms with Gasteiger partial charge in [-0.3, -0.25) is 4.68 Å². The summed E-state index contributed by atoms with van der Waals surface area (Å²) in [6.45, 7) is 8.76. The average molecular weight is 290 g/mol. The summed E-state index contributed by atoms with van der Waals surface area (Å²) in [7, 11) is 0.787. The molecule has 0 aliphatic carbocycles.